The number of fused-ring (bicyclic) bond motifs is 3. The highest BCUT2D eigenvalue weighted by molar-refractivity contribution is 6.74. The van der Waals surface area contributed by atoms with E-state index >= 15 is 0 Å². The third-order valence-corrected chi connectivity index (χ3v) is 14.4. The Kier molecular flexibility index (Phi) is 8.77. The van der Waals surface area contributed by atoms with Gasteiger partial charge in [-0.15, -0.1) is 0 Å². The van der Waals surface area contributed by atoms with Crippen molar-refractivity contribution in [2.45, 2.75) is 120 Å². The van der Waals surface area contributed by atoms with Gasteiger partial charge < -0.3 is 28.1 Å². The first-order valence-corrected chi connectivity index (χ1v) is 18.0. The molecule has 11 heteroatoms. The van der Waals surface area contributed by atoms with Crippen LogP contribution in [0, 0.1) is 5.92 Å². The molecule has 3 aliphatic heterocycles. The molecule has 5 rings (SSSR count). The van der Waals surface area contributed by atoms with E-state index in [-0.39, 0.29) is 30.5 Å². The highest BCUT2D eigenvalue weighted by Crippen LogP contribution is 2.55. The Morgan fingerprint density at radius 3 is 2.52 bits per heavy atom. The minimum Gasteiger partial charge on any atom is -0.467 e. The largest absolute Gasteiger partial charge is 0.467 e. The first kappa shape index (κ1) is 31.0. The molecule has 10 nitrogen and oxygen atoms in total. The van der Waals surface area contributed by atoms with Gasteiger partial charge in [0.2, 0.25) is 0 Å². The van der Waals surface area contributed by atoms with Gasteiger partial charge in [0.05, 0.1) is 25.7 Å². The molecule has 0 aromatic heterocycles. The van der Waals surface area contributed by atoms with Gasteiger partial charge in [-0.3, -0.25) is 9.69 Å². The van der Waals surface area contributed by atoms with Gasteiger partial charge >= 0.3 is 18.0 Å². The van der Waals surface area contributed by atoms with Crippen molar-refractivity contribution in [1.29, 1.82) is 0 Å². The van der Waals surface area contributed by atoms with Crippen molar-refractivity contribution in [3.8, 4) is 0 Å². The van der Waals surface area contributed by atoms with E-state index in [1.54, 1.807) is 0 Å². The van der Waals surface area contributed by atoms with Crippen molar-refractivity contribution < 1.29 is 42.5 Å². The van der Waals surface area contributed by atoms with Crippen LogP contribution in [0.25, 0.3) is 0 Å². The third-order valence-electron chi connectivity index (χ3n) is 9.88. The van der Waals surface area contributed by atoms with E-state index in [2.05, 4.69) is 33.9 Å². The average Bonchev–Trinajstić information content (AvgIpc) is 3.51. The zero-order valence-electron chi connectivity index (χ0n) is 25.6. The van der Waals surface area contributed by atoms with Crippen molar-refractivity contribution in [3.63, 3.8) is 0 Å². The summed E-state index contributed by atoms with van der Waals surface area (Å²) in [6.45, 7) is 11.4. The second-order valence-electron chi connectivity index (χ2n) is 13.5. The van der Waals surface area contributed by atoms with Crippen LogP contribution >= 0.6 is 0 Å². The summed E-state index contributed by atoms with van der Waals surface area (Å²) >= 11 is 0. The zero-order valence-corrected chi connectivity index (χ0v) is 26.6. The second-order valence-corrected chi connectivity index (χ2v) is 18.2. The Morgan fingerprint density at radius 1 is 1.14 bits per heavy atom. The standard InChI is InChI=1S/C31H45NO9Si/c1-30(2,3)42(5,6)41-23-17-24-31(21-16-25(33)39-27(21)23,40-26-14-10-11-15-37-26)18-22(28(34)36-4)32(24)29(35)38-19-20-12-8-7-9-13-20/h7-9,12-13,21-24,26-27H,10-11,14-19H2,1-6H3/t21-,22+,23-,24-,26?,27+,31-/m1/s1. The van der Waals surface area contributed by atoms with Gasteiger partial charge in [-0.2, -0.15) is 0 Å². The predicted molar refractivity (Wildman–Crippen MR) is 155 cm³/mol. The smallest absolute Gasteiger partial charge is 0.411 e. The summed E-state index contributed by atoms with van der Waals surface area (Å²) in [7, 11) is -1.01. The SMILES string of the molecule is COC(=O)[C@@H]1C[C@@]2(OC3CCCCO3)[C@@H]3CC(=O)O[C@@H]3[C@H](O[Si](C)(C)C(C)(C)C)C[C@H]2N1C(=O)OCc1ccccc1. The topological polar surface area (TPSA) is 110 Å². The van der Waals surface area contributed by atoms with Crippen LogP contribution in [0.4, 0.5) is 4.79 Å². The van der Waals surface area contributed by atoms with E-state index in [4.69, 9.17) is 28.1 Å². The number of nitrogens with zero attached hydrogens (tertiary/aromatic N) is 1. The van der Waals surface area contributed by atoms with E-state index < -0.39 is 62.5 Å². The van der Waals surface area contributed by atoms with Crippen molar-refractivity contribution in [2.24, 2.45) is 5.92 Å². The van der Waals surface area contributed by atoms with Crippen LogP contribution in [0.5, 0.6) is 0 Å². The van der Waals surface area contributed by atoms with Crippen LogP contribution < -0.4 is 0 Å². The van der Waals surface area contributed by atoms with Crippen LogP contribution in [0.3, 0.4) is 0 Å². The fourth-order valence-corrected chi connectivity index (χ4v) is 8.07. The molecule has 3 saturated heterocycles. The monoisotopic (exact) mass is 603 g/mol. The summed E-state index contributed by atoms with van der Waals surface area (Å²) in [5, 5.41) is -0.0926. The minimum absolute atomic E-state index is 0.0495. The molecule has 42 heavy (non-hydrogen) atoms. The van der Waals surface area contributed by atoms with E-state index in [9.17, 15) is 14.4 Å². The second kappa shape index (κ2) is 11.9. The van der Waals surface area contributed by atoms with E-state index in [0.29, 0.717) is 19.4 Å². The lowest BCUT2D eigenvalue weighted by Gasteiger charge is -2.52. The lowest BCUT2D eigenvalue weighted by Crippen LogP contribution is -2.65. The average molecular weight is 604 g/mol. The number of hydrogen-bond acceptors (Lipinski definition) is 9. The fourth-order valence-electron chi connectivity index (χ4n) is 6.73. The molecule has 0 radical (unpaired) electrons. The normalized spacial score (nSPS) is 33.0. The third kappa shape index (κ3) is 5.85. The van der Waals surface area contributed by atoms with Gasteiger partial charge in [0.1, 0.15) is 24.4 Å². The quantitative estimate of drug-likeness (QED) is 0.243. The summed E-state index contributed by atoms with van der Waals surface area (Å²) in [6.07, 6.45) is 0.944. The number of carbonyl (C=O) groups excluding carboxylic acids is 3. The van der Waals surface area contributed by atoms with Crippen LogP contribution in [0.2, 0.25) is 18.1 Å². The molecule has 0 N–H and O–H groups in total. The first-order valence-electron chi connectivity index (χ1n) is 15.1. The lowest BCUT2D eigenvalue weighted by atomic mass is 9.68. The number of hydrogen-bond donors (Lipinski definition) is 0. The molecule has 1 aromatic rings. The van der Waals surface area contributed by atoms with Crippen LogP contribution in [0.1, 0.15) is 64.9 Å². The predicted octanol–water partition coefficient (Wildman–Crippen LogP) is 4.95. The maximum absolute atomic E-state index is 13.9. The van der Waals surface area contributed by atoms with Crippen molar-refractivity contribution >= 4 is 26.3 Å². The van der Waals surface area contributed by atoms with Crippen molar-refractivity contribution in [2.75, 3.05) is 13.7 Å². The lowest BCUT2D eigenvalue weighted by molar-refractivity contribution is -0.265. The van der Waals surface area contributed by atoms with E-state index in [0.717, 1.165) is 18.4 Å². The van der Waals surface area contributed by atoms with Gasteiger partial charge in [0, 0.05) is 18.9 Å². The highest BCUT2D eigenvalue weighted by atomic mass is 28.4. The number of likely N-dealkylation sites (tertiary alicyclic amines) is 1. The molecule has 7 atom stereocenters. The van der Waals surface area contributed by atoms with Crippen LogP contribution in [0.15, 0.2) is 30.3 Å². The molecule has 1 aromatic carbocycles. The highest BCUT2D eigenvalue weighted by Gasteiger charge is 2.70. The molecule has 4 fully saturated rings. The molecule has 1 saturated carbocycles. The molecule has 3 heterocycles. The molecule has 1 unspecified atom stereocenters. The zero-order chi connectivity index (χ0) is 30.3. The van der Waals surface area contributed by atoms with Crippen LogP contribution in [-0.4, -0.2) is 81.1 Å². The van der Waals surface area contributed by atoms with Crippen molar-refractivity contribution in [3.05, 3.63) is 35.9 Å². The molecular weight excluding hydrogens is 558 g/mol. The number of rotatable bonds is 7. The number of methoxy groups -OCH3 is 1. The summed E-state index contributed by atoms with van der Waals surface area (Å²) < 4.78 is 36.8. The molecule has 232 valence electrons. The molecule has 0 spiro atoms. The summed E-state index contributed by atoms with van der Waals surface area (Å²) in [5.74, 6) is -1.33. The Hall–Kier alpha value is -2.47. The number of ether oxygens (including phenoxy) is 5. The summed E-state index contributed by atoms with van der Waals surface area (Å²) in [6, 6.07) is 7.80. The number of esters is 2. The van der Waals surface area contributed by atoms with Crippen LogP contribution in [-0.2, 0) is 44.3 Å². The van der Waals surface area contributed by atoms with E-state index in [1.807, 2.05) is 30.3 Å². The molecule has 4 aliphatic rings. The molecule has 0 bridgehead atoms. The summed E-state index contributed by atoms with van der Waals surface area (Å²) in [5.41, 5.74) is -0.257. The Morgan fingerprint density at radius 2 is 1.88 bits per heavy atom. The Bertz CT molecular complexity index is 1150. The van der Waals surface area contributed by atoms with E-state index in [1.165, 1.54) is 12.0 Å². The van der Waals surface area contributed by atoms with Crippen molar-refractivity contribution in [1.82, 2.24) is 4.90 Å². The van der Waals surface area contributed by atoms with Gasteiger partial charge in [-0.25, -0.2) is 9.59 Å². The van der Waals surface area contributed by atoms with Gasteiger partial charge in [-0.05, 0) is 49.4 Å². The maximum Gasteiger partial charge on any atom is 0.411 e. The minimum atomic E-state index is -2.32. The number of amides is 1. The summed E-state index contributed by atoms with van der Waals surface area (Å²) in [4.78, 5) is 41.6. The molecule has 1 aliphatic carbocycles. The molecule has 1 amide bonds. The number of carbonyl (C=O) groups is 3. The van der Waals surface area contributed by atoms with Gasteiger partial charge in [-0.1, -0.05) is 51.1 Å². The fraction of sp³-hybridized carbons (Fsp3) is 0.710. The Labute approximate surface area is 249 Å². The Balaban J connectivity index is 1.54. The van der Waals surface area contributed by atoms with Gasteiger partial charge in [0.25, 0.3) is 0 Å². The molecular formula is C31H45NO9Si. The maximum atomic E-state index is 13.9. The number of benzene rings is 1. The van der Waals surface area contributed by atoms with Gasteiger partial charge in [0.15, 0.2) is 14.6 Å². The first-order chi connectivity index (χ1) is 19.9.